The van der Waals surface area contributed by atoms with Crippen LogP contribution in [0.5, 0.6) is 5.75 Å². The molecule has 3 aliphatic rings. The number of nitrogens with one attached hydrogen (secondary N) is 1. The predicted octanol–water partition coefficient (Wildman–Crippen LogP) is 1.47. The zero-order valence-corrected chi connectivity index (χ0v) is 18.2. The lowest BCUT2D eigenvalue weighted by Gasteiger charge is -2.52. The third-order valence-corrected chi connectivity index (χ3v) is 7.50. The summed E-state index contributed by atoms with van der Waals surface area (Å²) in [4.78, 5) is 40.1. The van der Waals surface area contributed by atoms with E-state index in [9.17, 15) is 24.6 Å². The smallest absolute Gasteiger partial charge is 0.352 e. The van der Waals surface area contributed by atoms with Gasteiger partial charge in [-0.25, -0.2) is 9.59 Å². The maximum absolute atomic E-state index is 12.9. The number of aromatic hydroxyl groups is 1. The zero-order valence-electron chi connectivity index (χ0n) is 16.6. The van der Waals surface area contributed by atoms with Crippen molar-refractivity contribution in [2.24, 2.45) is 0 Å². The Hall–Kier alpha value is -3.16. The van der Waals surface area contributed by atoms with Crippen LogP contribution in [-0.2, 0) is 14.3 Å². The summed E-state index contributed by atoms with van der Waals surface area (Å²) in [5.74, 6) is -1.32. The van der Waals surface area contributed by atoms with Crippen LogP contribution in [0, 0.1) is 6.92 Å². The highest BCUT2D eigenvalue weighted by atomic mass is 32.2. The van der Waals surface area contributed by atoms with Crippen molar-refractivity contribution >= 4 is 46.7 Å². The van der Waals surface area contributed by atoms with E-state index in [0.29, 0.717) is 15.6 Å². The molecule has 11 nitrogen and oxygen atoms in total. The second-order valence-corrected chi connectivity index (χ2v) is 9.77. The fourth-order valence-corrected chi connectivity index (χ4v) is 5.97. The molecule has 0 radical (unpaired) electrons. The number of hydrogen-bond acceptors (Lipinski definition) is 9. The molecule has 1 aromatic carbocycles. The van der Waals surface area contributed by atoms with Gasteiger partial charge in [-0.2, -0.15) is 0 Å². The third-order valence-electron chi connectivity index (χ3n) is 5.48. The molecule has 0 spiro atoms. The number of carboxylic acid groups (broad SMARTS) is 1. The highest BCUT2D eigenvalue weighted by Gasteiger charge is 2.65. The number of carbonyl (C=O) groups excluding carboxylic acids is 2. The number of β-lactam (4-membered cyclic amide) rings is 1. The van der Waals surface area contributed by atoms with Crippen molar-refractivity contribution in [3.63, 3.8) is 0 Å². The minimum atomic E-state index is -1.21. The Morgan fingerprint density at radius 2 is 2.06 bits per heavy atom. The van der Waals surface area contributed by atoms with Gasteiger partial charge in [-0.15, -0.1) is 10.2 Å². The number of aromatic nitrogens is 2. The molecule has 5 rings (SSSR count). The summed E-state index contributed by atoms with van der Waals surface area (Å²) in [5, 5.41) is 30.6. The molecule has 3 atom stereocenters. The molecule has 13 heteroatoms. The fraction of sp³-hybridized carbons (Fsp3) is 0.316. The number of urea groups is 1. The molecule has 2 aromatic rings. The summed E-state index contributed by atoms with van der Waals surface area (Å²) < 4.78 is 6.59. The SMILES string of the molecule is Cc1nnc(SCC2=C(C(=O)O)N3C(=O)[C@@H]4[C@H]3C2OCN4C(=O)Nc2ccc(O)cc2)s1. The number of anilines is 1. The number of nitrogens with zero attached hydrogens (tertiary/aromatic N) is 4. The number of carboxylic acids is 1. The van der Waals surface area contributed by atoms with Crippen LogP contribution in [0.3, 0.4) is 0 Å². The normalized spacial score (nSPS) is 23.8. The summed E-state index contributed by atoms with van der Waals surface area (Å²) >= 11 is 2.74. The number of phenolic OH excluding ortho intramolecular Hbond substituents is 1. The van der Waals surface area contributed by atoms with E-state index >= 15 is 0 Å². The van der Waals surface area contributed by atoms with E-state index in [1.165, 1.54) is 57.2 Å². The van der Waals surface area contributed by atoms with Crippen molar-refractivity contribution in [3.05, 3.63) is 40.5 Å². The lowest BCUT2D eigenvalue weighted by Crippen LogP contribution is -2.75. The van der Waals surface area contributed by atoms with Crippen LogP contribution in [0.4, 0.5) is 10.5 Å². The van der Waals surface area contributed by atoms with Crippen molar-refractivity contribution in [2.75, 3.05) is 17.8 Å². The first kappa shape index (κ1) is 20.7. The molecule has 0 bridgehead atoms. The van der Waals surface area contributed by atoms with Gasteiger partial charge >= 0.3 is 12.0 Å². The summed E-state index contributed by atoms with van der Waals surface area (Å²) in [6.45, 7) is 1.67. The Kier molecular flexibility index (Phi) is 5.03. The second-order valence-electron chi connectivity index (χ2n) is 7.36. The minimum absolute atomic E-state index is 0.0595. The molecule has 2 saturated heterocycles. The van der Waals surface area contributed by atoms with Gasteiger partial charge in [0.25, 0.3) is 5.91 Å². The summed E-state index contributed by atoms with van der Waals surface area (Å²) in [7, 11) is 0. The van der Waals surface area contributed by atoms with Crippen LogP contribution in [0.15, 0.2) is 39.9 Å². The van der Waals surface area contributed by atoms with Crippen molar-refractivity contribution < 1.29 is 29.3 Å². The predicted molar refractivity (Wildman–Crippen MR) is 113 cm³/mol. The van der Waals surface area contributed by atoms with Gasteiger partial charge in [0.15, 0.2) is 4.34 Å². The molecule has 0 aliphatic carbocycles. The van der Waals surface area contributed by atoms with E-state index in [-0.39, 0.29) is 23.9 Å². The molecule has 3 amide bonds. The maximum Gasteiger partial charge on any atom is 0.352 e. The molecule has 3 aliphatic heterocycles. The first-order valence-electron chi connectivity index (χ1n) is 9.55. The Morgan fingerprint density at radius 3 is 2.72 bits per heavy atom. The van der Waals surface area contributed by atoms with E-state index < -0.39 is 36.1 Å². The second kappa shape index (κ2) is 7.76. The number of aryl methyl sites for hydroxylation is 1. The van der Waals surface area contributed by atoms with Crippen LogP contribution in [0.1, 0.15) is 5.01 Å². The molecular weight excluding hydrogens is 458 g/mol. The average Bonchev–Trinajstić information content (AvgIpc) is 3.32. The summed E-state index contributed by atoms with van der Waals surface area (Å²) in [6.07, 6.45) is -0.608. The highest BCUT2D eigenvalue weighted by Crippen LogP contribution is 2.46. The number of hydrogen-bond donors (Lipinski definition) is 3. The van der Waals surface area contributed by atoms with Crippen LogP contribution >= 0.6 is 23.1 Å². The number of ether oxygens (including phenoxy) is 1. The van der Waals surface area contributed by atoms with Gasteiger partial charge in [0.2, 0.25) is 0 Å². The standard InChI is InChI=1S/C19H17N5O6S2/c1-8-21-22-19(32-8)31-6-11-12(17(27)28)24-13-14(16(24)26)23(7-30-15(11)13)18(29)20-9-2-4-10(25)5-3-9/h2-5,13-15,25H,6-7H2,1H3,(H,20,29)(H,27,28)/t13-,14-,15?/m0/s1. The van der Waals surface area contributed by atoms with Crippen LogP contribution in [0.25, 0.3) is 0 Å². The van der Waals surface area contributed by atoms with Crippen molar-refractivity contribution in [2.45, 2.75) is 29.5 Å². The Bertz CT molecular complexity index is 1150. The van der Waals surface area contributed by atoms with E-state index in [2.05, 4.69) is 15.5 Å². The molecule has 1 unspecified atom stereocenters. The highest BCUT2D eigenvalue weighted by molar-refractivity contribution is 8.01. The van der Waals surface area contributed by atoms with E-state index in [1.807, 2.05) is 6.92 Å². The Balaban J connectivity index is 1.35. The first-order chi connectivity index (χ1) is 15.3. The minimum Gasteiger partial charge on any atom is -0.508 e. The Labute approximate surface area is 189 Å². The number of carbonyl (C=O) groups is 3. The zero-order chi connectivity index (χ0) is 22.6. The van der Waals surface area contributed by atoms with Crippen molar-refractivity contribution in [1.29, 1.82) is 0 Å². The topological polar surface area (TPSA) is 145 Å². The number of aliphatic carboxylic acids is 1. The van der Waals surface area contributed by atoms with E-state index in [0.717, 1.165) is 5.01 Å². The number of rotatable bonds is 5. The van der Waals surface area contributed by atoms with Gasteiger partial charge in [-0.05, 0) is 31.2 Å². The van der Waals surface area contributed by atoms with Gasteiger partial charge < -0.3 is 20.3 Å². The number of phenols is 1. The first-order valence-corrected chi connectivity index (χ1v) is 11.4. The number of amides is 3. The Morgan fingerprint density at radius 1 is 1.31 bits per heavy atom. The van der Waals surface area contributed by atoms with Gasteiger partial charge in [-0.1, -0.05) is 23.1 Å². The van der Waals surface area contributed by atoms with Gasteiger partial charge in [-0.3, -0.25) is 14.6 Å². The quantitative estimate of drug-likeness (QED) is 0.332. The monoisotopic (exact) mass is 475 g/mol. The van der Waals surface area contributed by atoms with Crippen molar-refractivity contribution in [1.82, 2.24) is 20.0 Å². The molecule has 0 saturated carbocycles. The third kappa shape index (κ3) is 3.29. The molecular formula is C19H17N5O6S2. The largest absolute Gasteiger partial charge is 0.508 e. The maximum atomic E-state index is 12.9. The molecule has 4 heterocycles. The average molecular weight is 476 g/mol. The summed E-state index contributed by atoms with van der Waals surface area (Å²) in [5.41, 5.74) is 0.851. The van der Waals surface area contributed by atoms with Crippen LogP contribution < -0.4 is 5.32 Å². The number of benzene rings is 1. The molecule has 166 valence electrons. The van der Waals surface area contributed by atoms with Crippen LogP contribution in [0.2, 0.25) is 0 Å². The van der Waals surface area contributed by atoms with Crippen LogP contribution in [-0.4, -0.2) is 78.8 Å². The number of thioether (sulfide) groups is 1. The summed E-state index contributed by atoms with van der Waals surface area (Å²) in [6, 6.07) is 3.97. The molecule has 32 heavy (non-hydrogen) atoms. The van der Waals surface area contributed by atoms with E-state index in [1.54, 1.807) is 0 Å². The van der Waals surface area contributed by atoms with E-state index in [4.69, 9.17) is 4.74 Å². The molecule has 2 fully saturated rings. The molecule has 3 N–H and O–H groups in total. The lowest BCUT2D eigenvalue weighted by molar-refractivity contribution is -0.179. The van der Waals surface area contributed by atoms with Gasteiger partial charge in [0.1, 0.15) is 35.3 Å². The fourth-order valence-electron chi connectivity index (χ4n) is 4.10. The van der Waals surface area contributed by atoms with Gasteiger partial charge in [0.05, 0.1) is 6.04 Å². The lowest BCUT2D eigenvalue weighted by atomic mass is 9.89. The molecule has 1 aromatic heterocycles. The van der Waals surface area contributed by atoms with Crippen molar-refractivity contribution in [3.8, 4) is 5.75 Å². The van der Waals surface area contributed by atoms with Gasteiger partial charge in [0, 0.05) is 17.0 Å².